The van der Waals surface area contributed by atoms with Crippen LogP contribution >= 0.6 is 38.5 Å². The van der Waals surface area contributed by atoms with E-state index in [2.05, 4.69) is 43.8 Å². The lowest BCUT2D eigenvalue weighted by atomic mass is 10.1. The van der Waals surface area contributed by atoms with Crippen molar-refractivity contribution in [2.75, 3.05) is 4.90 Å². The molecule has 0 aliphatic carbocycles. The average molecular weight is 635 g/mol. The zero-order valence-corrected chi connectivity index (χ0v) is 21.5. The first-order valence-electron chi connectivity index (χ1n) is 10.1. The summed E-state index contributed by atoms with van der Waals surface area (Å²) >= 11 is 5.45. The molecular weight excluding hydrogens is 618 g/mol. The van der Waals surface area contributed by atoms with Crippen molar-refractivity contribution in [2.24, 2.45) is 0 Å². The summed E-state index contributed by atoms with van der Waals surface area (Å²) in [6.45, 7) is 1.90. The summed E-state index contributed by atoms with van der Waals surface area (Å²) in [7, 11) is 0. The fourth-order valence-electron chi connectivity index (χ4n) is 3.32. The number of nitrogens with one attached hydrogen (secondary N) is 1. The molecule has 0 aromatic heterocycles. The van der Waals surface area contributed by atoms with E-state index in [0.717, 1.165) is 14.9 Å². The van der Waals surface area contributed by atoms with Crippen LogP contribution < -0.4 is 15.0 Å². The molecule has 9 heteroatoms. The van der Waals surface area contributed by atoms with Crippen molar-refractivity contribution in [1.82, 2.24) is 5.32 Å². The van der Waals surface area contributed by atoms with E-state index in [-0.39, 0.29) is 18.0 Å². The van der Waals surface area contributed by atoms with Gasteiger partial charge in [-0.25, -0.2) is 14.1 Å². The number of carbonyl (C=O) groups is 3. The number of anilines is 1. The number of benzene rings is 3. The molecule has 1 aliphatic rings. The van der Waals surface area contributed by atoms with Gasteiger partial charge in [0.05, 0.1) is 9.26 Å². The minimum absolute atomic E-state index is 0.0632. The first-order valence-corrected chi connectivity index (χ1v) is 11.9. The van der Waals surface area contributed by atoms with Gasteiger partial charge in [-0.3, -0.25) is 14.9 Å². The fourth-order valence-corrected chi connectivity index (χ4v) is 4.26. The number of imide groups is 2. The Bertz CT molecular complexity index is 1360. The standard InChI is InChI=1S/C25H17BrFIN2O4/c1-14-10-17(7-8-19(14)26)30-24(32)18(23(31)29-25(30)33)11-15-6-9-22(21(28)12-15)34-13-16-4-2-3-5-20(16)27/h2-12H,13H2,1H3,(H,29,31,33)/b18-11+. The molecular formula is C25H17BrFIN2O4. The molecule has 0 saturated carbocycles. The second-order valence-electron chi connectivity index (χ2n) is 7.46. The molecule has 3 aromatic carbocycles. The van der Waals surface area contributed by atoms with Crippen molar-refractivity contribution in [3.63, 3.8) is 0 Å². The van der Waals surface area contributed by atoms with E-state index in [0.29, 0.717) is 26.1 Å². The van der Waals surface area contributed by atoms with Gasteiger partial charge in [-0.15, -0.1) is 0 Å². The van der Waals surface area contributed by atoms with Crippen LogP contribution in [-0.2, 0) is 16.2 Å². The van der Waals surface area contributed by atoms with Gasteiger partial charge in [0.15, 0.2) is 0 Å². The SMILES string of the molecule is Cc1cc(N2C(=O)NC(=O)/C(=C\c3ccc(OCc4ccccc4F)c(I)c3)C2=O)ccc1Br. The molecule has 6 nitrogen and oxygen atoms in total. The highest BCUT2D eigenvalue weighted by Crippen LogP contribution is 2.28. The summed E-state index contributed by atoms with van der Waals surface area (Å²) in [6, 6.07) is 15.7. The van der Waals surface area contributed by atoms with Crippen molar-refractivity contribution in [3.8, 4) is 5.75 Å². The van der Waals surface area contributed by atoms with Crippen LogP contribution in [0.15, 0.2) is 70.7 Å². The summed E-state index contributed by atoms with van der Waals surface area (Å²) in [6.07, 6.45) is 1.42. The Morgan fingerprint density at radius 1 is 1.09 bits per heavy atom. The number of rotatable bonds is 5. The highest BCUT2D eigenvalue weighted by atomic mass is 127. The summed E-state index contributed by atoms with van der Waals surface area (Å²) < 4.78 is 21.1. The van der Waals surface area contributed by atoms with E-state index in [4.69, 9.17) is 4.74 Å². The van der Waals surface area contributed by atoms with Gasteiger partial charge >= 0.3 is 6.03 Å². The average Bonchev–Trinajstić information content (AvgIpc) is 2.79. The van der Waals surface area contributed by atoms with Gasteiger partial charge in [0.25, 0.3) is 11.8 Å². The van der Waals surface area contributed by atoms with E-state index in [1.54, 1.807) is 54.6 Å². The zero-order chi connectivity index (χ0) is 24.4. The topological polar surface area (TPSA) is 75.7 Å². The van der Waals surface area contributed by atoms with Gasteiger partial charge in [0.1, 0.15) is 23.7 Å². The maximum atomic E-state index is 13.8. The third-order valence-electron chi connectivity index (χ3n) is 5.11. The molecule has 1 fully saturated rings. The molecule has 34 heavy (non-hydrogen) atoms. The van der Waals surface area contributed by atoms with Gasteiger partial charge in [0.2, 0.25) is 0 Å². The monoisotopic (exact) mass is 634 g/mol. The van der Waals surface area contributed by atoms with Crippen LogP contribution in [0, 0.1) is 16.3 Å². The molecule has 0 radical (unpaired) electrons. The van der Waals surface area contributed by atoms with Gasteiger partial charge in [-0.2, -0.15) is 0 Å². The Hall–Kier alpha value is -3.05. The first-order chi connectivity index (χ1) is 16.2. The minimum Gasteiger partial charge on any atom is -0.488 e. The number of carbonyl (C=O) groups excluding carboxylic acids is 3. The highest BCUT2D eigenvalue weighted by molar-refractivity contribution is 14.1. The predicted octanol–water partition coefficient (Wildman–Crippen LogP) is 5.75. The number of ether oxygens (including phenoxy) is 1. The molecule has 1 N–H and O–H groups in total. The third-order valence-corrected chi connectivity index (χ3v) is 6.84. The van der Waals surface area contributed by atoms with Crippen molar-refractivity contribution in [1.29, 1.82) is 0 Å². The predicted molar refractivity (Wildman–Crippen MR) is 138 cm³/mol. The maximum Gasteiger partial charge on any atom is 0.335 e. The highest BCUT2D eigenvalue weighted by Gasteiger charge is 2.36. The molecule has 1 saturated heterocycles. The largest absolute Gasteiger partial charge is 0.488 e. The van der Waals surface area contributed by atoms with E-state index in [1.165, 1.54) is 12.1 Å². The Balaban J connectivity index is 1.58. The van der Waals surface area contributed by atoms with Crippen molar-refractivity contribution in [2.45, 2.75) is 13.5 Å². The first kappa shape index (κ1) is 24.1. The molecule has 0 spiro atoms. The van der Waals surface area contributed by atoms with Crippen LogP contribution in [0.1, 0.15) is 16.7 Å². The van der Waals surface area contributed by atoms with Gasteiger partial charge in [-0.1, -0.05) is 40.2 Å². The molecule has 3 aromatic rings. The Morgan fingerprint density at radius 3 is 2.56 bits per heavy atom. The summed E-state index contributed by atoms with van der Waals surface area (Å²) in [4.78, 5) is 38.9. The number of aryl methyl sites for hydroxylation is 1. The molecule has 4 rings (SSSR count). The summed E-state index contributed by atoms with van der Waals surface area (Å²) in [5.74, 6) is -1.30. The summed E-state index contributed by atoms with van der Waals surface area (Å²) in [5, 5.41) is 2.22. The number of hydrogen-bond donors (Lipinski definition) is 1. The maximum absolute atomic E-state index is 13.8. The minimum atomic E-state index is -0.805. The lowest BCUT2D eigenvalue weighted by molar-refractivity contribution is -0.122. The Labute approximate surface area is 217 Å². The Morgan fingerprint density at radius 2 is 1.85 bits per heavy atom. The van der Waals surface area contributed by atoms with Crippen LogP contribution in [0.5, 0.6) is 5.75 Å². The van der Waals surface area contributed by atoms with Gasteiger partial charge < -0.3 is 4.74 Å². The smallest absolute Gasteiger partial charge is 0.335 e. The lowest BCUT2D eigenvalue weighted by Gasteiger charge is -2.26. The molecule has 0 bridgehead atoms. The van der Waals surface area contributed by atoms with E-state index < -0.39 is 17.8 Å². The van der Waals surface area contributed by atoms with Crippen molar-refractivity contribution in [3.05, 3.63) is 96.8 Å². The van der Waals surface area contributed by atoms with Crippen LogP contribution in [0.4, 0.5) is 14.9 Å². The third kappa shape index (κ3) is 5.05. The van der Waals surface area contributed by atoms with Gasteiger partial charge in [0, 0.05) is 10.0 Å². The molecule has 0 unspecified atom stereocenters. The number of hydrogen-bond acceptors (Lipinski definition) is 4. The molecule has 172 valence electrons. The number of urea groups is 1. The second kappa shape index (κ2) is 10.1. The van der Waals surface area contributed by atoms with Crippen molar-refractivity contribution >= 4 is 68.1 Å². The number of nitrogens with zero attached hydrogens (tertiary/aromatic N) is 1. The molecule has 1 heterocycles. The van der Waals surface area contributed by atoms with E-state index in [9.17, 15) is 18.8 Å². The molecule has 4 amide bonds. The fraction of sp³-hybridized carbons (Fsp3) is 0.0800. The second-order valence-corrected chi connectivity index (χ2v) is 9.48. The number of amides is 4. The van der Waals surface area contributed by atoms with Crippen molar-refractivity contribution < 1.29 is 23.5 Å². The van der Waals surface area contributed by atoms with Crippen LogP contribution in [0.2, 0.25) is 0 Å². The zero-order valence-electron chi connectivity index (χ0n) is 17.8. The molecule has 1 aliphatic heterocycles. The Kier molecular flexibility index (Phi) is 7.13. The van der Waals surface area contributed by atoms with Crippen LogP contribution in [0.25, 0.3) is 6.08 Å². The van der Waals surface area contributed by atoms with Crippen LogP contribution in [0.3, 0.4) is 0 Å². The number of barbiturate groups is 1. The summed E-state index contributed by atoms with van der Waals surface area (Å²) in [5.41, 5.74) is 2.02. The van der Waals surface area contributed by atoms with E-state index >= 15 is 0 Å². The normalized spacial score (nSPS) is 15.0. The van der Waals surface area contributed by atoms with Crippen LogP contribution in [-0.4, -0.2) is 17.8 Å². The molecule has 0 atom stereocenters. The quantitative estimate of drug-likeness (QED) is 0.220. The van der Waals surface area contributed by atoms with E-state index in [1.807, 2.05) is 6.92 Å². The number of halogens is 3. The lowest BCUT2D eigenvalue weighted by Crippen LogP contribution is -2.54. The van der Waals surface area contributed by atoms with Gasteiger partial charge in [-0.05, 0) is 83.1 Å².